The number of Topliss-reactive ketones (excluding diaryl/α,β-unsaturated/α-hetero) is 1. The largest absolute Gasteiger partial charge is 0.470 e. The quantitative estimate of drug-likeness (QED) is 0.316. The van der Waals surface area contributed by atoms with Crippen LogP contribution in [0, 0.1) is 0 Å². The lowest BCUT2D eigenvalue weighted by molar-refractivity contribution is -0.135. The maximum Gasteiger partial charge on any atom is 0.470 e. The number of aliphatic hydroxyl groups is 3. The van der Waals surface area contributed by atoms with E-state index in [9.17, 15) is 9.36 Å². The van der Waals surface area contributed by atoms with Crippen LogP contribution in [0.25, 0.3) is 0 Å². The van der Waals surface area contributed by atoms with Crippen molar-refractivity contribution in [1.29, 1.82) is 0 Å². The second kappa shape index (κ2) is 6.29. The van der Waals surface area contributed by atoms with Crippen LogP contribution >= 0.6 is 7.82 Å². The number of aliphatic hydroxyl groups excluding tert-OH is 3. The predicted octanol–water partition coefficient (Wildman–Crippen LogP) is -2.23. The lowest BCUT2D eigenvalue weighted by Gasteiger charge is -2.15. The fourth-order valence-electron chi connectivity index (χ4n) is 0.738. The normalized spacial score (nSPS) is 16.1. The molecule has 0 aromatic rings. The van der Waals surface area contributed by atoms with Crippen molar-refractivity contribution in [2.24, 2.45) is 0 Å². The lowest BCUT2D eigenvalue weighted by Crippen LogP contribution is -2.36. The Balaban J connectivity index is 4.05. The Morgan fingerprint density at radius 1 is 1.33 bits per heavy atom. The summed E-state index contributed by atoms with van der Waals surface area (Å²) in [5, 5.41) is 26.5. The number of phosphoric ester groups is 1. The van der Waals surface area contributed by atoms with Gasteiger partial charge in [-0.2, -0.15) is 0 Å². The van der Waals surface area contributed by atoms with E-state index >= 15 is 0 Å². The fourth-order valence-corrected chi connectivity index (χ4v) is 1.03. The van der Waals surface area contributed by atoms with Crippen LogP contribution in [-0.4, -0.2) is 56.3 Å². The third-order valence-corrected chi connectivity index (χ3v) is 1.96. The molecule has 0 unspecified atom stereocenters. The van der Waals surface area contributed by atoms with Crippen molar-refractivity contribution in [2.45, 2.75) is 18.6 Å². The first-order valence-corrected chi connectivity index (χ1v) is 5.50. The summed E-state index contributed by atoms with van der Waals surface area (Å²) >= 11 is 0. The van der Waals surface area contributed by atoms with Crippen LogP contribution in [0.2, 0.25) is 0 Å². The van der Waals surface area contributed by atoms with Gasteiger partial charge in [-0.3, -0.25) is 9.32 Å². The highest BCUT2D eigenvalue weighted by atomic mass is 31.2. The van der Waals surface area contributed by atoms with E-state index in [1.807, 2.05) is 0 Å². The Bertz CT molecular complexity index is 248. The SMILES string of the molecule is O=C(COP(=O)(O)O)[C@H](O)[C@@H](O)CCO. The summed E-state index contributed by atoms with van der Waals surface area (Å²) in [5.74, 6) is -1.07. The molecule has 0 bridgehead atoms. The van der Waals surface area contributed by atoms with Gasteiger partial charge in [0.2, 0.25) is 0 Å². The number of rotatable bonds is 7. The van der Waals surface area contributed by atoms with Crippen LogP contribution in [-0.2, 0) is 13.9 Å². The van der Waals surface area contributed by atoms with Crippen molar-refractivity contribution >= 4 is 13.6 Å². The number of hydrogen-bond donors (Lipinski definition) is 5. The van der Waals surface area contributed by atoms with Crippen LogP contribution < -0.4 is 0 Å². The Labute approximate surface area is 85.4 Å². The molecule has 0 aliphatic heterocycles. The minimum Gasteiger partial charge on any atom is -0.396 e. The van der Waals surface area contributed by atoms with Crippen molar-refractivity contribution in [3.8, 4) is 0 Å². The van der Waals surface area contributed by atoms with E-state index in [1.54, 1.807) is 0 Å². The van der Waals surface area contributed by atoms with Gasteiger partial charge in [-0.1, -0.05) is 0 Å². The molecule has 0 aromatic carbocycles. The van der Waals surface area contributed by atoms with Gasteiger partial charge < -0.3 is 25.1 Å². The Morgan fingerprint density at radius 3 is 2.27 bits per heavy atom. The summed E-state index contributed by atoms with van der Waals surface area (Å²) in [6.07, 6.45) is -3.53. The highest BCUT2D eigenvalue weighted by Crippen LogP contribution is 2.35. The molecule has 15 heavy (non-hydrogen) atoms. The molecule has 0 heterocycles. The molecule has 2 atom stereocenters. The second-order valence-electron chi connectivity index (χ2n) is 2.75. The number of phosphoric acid groups is 1. The zero-order chi connectivity index (χ0) is 12.1. The van der Waals surface area contributed by atoms with E-state index in [0.29, 0.717) is 0 Å². The van der Waals surface area contributed by atoms with Crippen molar-refractivity contribution in [3.63, 3.8) is 0 Å². The fraction of sp³-hybridized carbons (Fsp3) is 0.833. The molecule has 5 N–H and O–H groups in total. The van der Waals surface area contributed by atoms with Crippen molar-refractivity contribution in [1.82, 2.24) is 0 Å². The van der Waals surface area contributed by atoms with E-state index in [2.05, 4.69) is 4.52 Å². The van der Waals surface area contributed by atoms with Gasteiger partial charge in [-0.05, 0) is 6.42 Å². The third kappa shape index (κ3) is 6.69. The number of ketones is 1. The minimum absolute atomic E-state index is 0.219. The maximum absolute atomic E-state index is 10.9. The van der Waals surface area contributed by atoms with Gasteiger partial charge in [0.25, 0.3) is 0 Å². The van der Waals surface area contributed by atoms with Crippen molar-refractivity contribution in [2.75, 3.05) is 13.2 Å². The first-order valence-electron chi connectivity index (χ1n) is 3.97. The zero-order valence-corrected chi connectivity index (χ0v) is 8.58. The molecular weight excluding hydrogens is 231 g/mol. The highest BCUT2D eigenvalue weighted by Gasteiger charge is 2.26. The molecule has 0 fully saturated rings. The Hall–Kier alpha value is -0.340. The Kier molecular flexibility index (Phi) is 6.15. The van der Waals surface area contributed by atoms with Gasteiger partial charge >= 0.3 is 7.82 Å². The lowest BCUT2D eigenvalue weighted by atomic mass is 10.1. The minimum atomic E-state index is -4.77. The second-order valence-corrected chi connectivity index (χ2v) is 3.99. The molecule has 0 saturated heterocycles. The molecule has 0 aromatic heterocycles. The first kappa shape index (κ1) is 14.7. The molecule has 8 nitrogen and oxygen atoms in total. The highest BCUT2D eigenvalue weighted by molar-refractivity contribution is 7.46. The molecule has 9 heteroatoms. The molecule has 90 valence electrons. The molecule has 0 saturated carbocycles. The van der Waals surface area contributed by atoms with Crippen LogP contribution in [0.15, 0.2) is 0 Å². The van der Waals surface area contributed by atoms with Gasteiger partial charge in [0.15, 0.2) is 5.78 Å². The van der Waals surface area contributed by atoms with Gasteiger partial charge in [0.05, 0.1) is 6.10 Å². The summed E-state index contributed by atoms with van der Waals surface area (Å²) in [6.45, 7) is -1.43. The molecule has 0 rings (SSSR count). The van der Waals surface area contributed by atoms with E-state index in [0.717, 1.165) is 0 Å². The van der Waals surface area contributed by atoms with E-state index in [1.165, 1.54) is 0 Å². The molecule has 0 aliphatic rings. The van der Waals surface area contributed by atoms with E-state index < -0.39 is 39.0 Å². The predicted molar refractivity (Wildman–Crippen MR) is 46.7 cm³/mol. The standard InChI is InChI=1S/C6H13O8P/c7-2-1-4(8)6(10)5(9)3-14-15(11,12)13/h4,6-8,10H,1-3H2,(H2,11,12,13)/t4-,6+/m0/s1. The number of hydrogen-bond acceptors (Lipinski definition) is 6. The van der Waals surface area contributed by atoms with Gasteiger partial charge in [-0.15, -0.1) is 0 Å². The average Bonchev–Trinajstić information content (AvgIpc) is 2.12. The summed E-state index contributed by atoms with van der Waals surface area (Å²) in [4.78, 5) is 27.4. The number of carbonyl (C=O) groups is 1. The van der Waals surface area contributed by atoms with Gasteiger partial charge in [0, 0.05) is 6.61 Å². The van der Waals surface area contributed by atoms with Crippen molar-refractivity contribution < 1.29 is 39.0 Å². The number of carbonyl (C=O) groups excluding carboxylic acids is 1. The molecular formula is C6H13O8P. The van der Waals surface area contributed by atoms with Crippen molar-refractivity contribution in [3.05, 3.63) is 0 Å². The first-order chi connectivity index (χ1) is 6.78. The molecule has 0 radical (unpaired) electrons. The Morgan fingerprint density at radius 2 is 1.87 bits per heavy atom. The monoisotopic (exact) mass is 244 g/mol. The molecule has 0 aliphatic carbocycles. The van der Waals surface area contributed by atoms with Crippen LogP contribution in [0.5, 0.6) is 0 Å². The van der Waals surface area contributed by atoms with Gasteiger partial charge in [-0.25, -0.2) is 4.57 Å². The summed E-state index contributed by atoms with van der Waals surface area (Å²) < 4.78 is 14.0. The summed E-state index contributed by atoms with van der Waals surface area (Å²) in [6, 6.07) is 0. The zero-order valence-electron chi connectivity index (χ0n) is 7.68. The van der Waals surface area contributed by atoms with Crippen LogP contribution in [0.4, 0.5) is 0 Å². The van der Waals surface area contributed by atoms with Crippen LogP contribution in [0.3, 0.4) is 0 Å². The smallest absolute Gasteiger partial charge is 0.396 e. The summed E-state index contributed by atoms with van der Waals surface area (Å²) in [7, 11) is -4.77. The van der Waals surface area contributed by atoms with E-state index in [-0.39, 0.29) is 6.42 Å². The summed E-state index contributed by atoms with van der Waals surface area (Å²) in [5.41, 5.74) is 0. The maximum atomic E-state index is 10.9. The van der Waals surface area contributed by atoms with Crippen LogP contribution in [0.1, 0.15) is 6.42 Å². The average molecular weight is 244 g/mol. The topological polar surface area (TPSA) is 145 Å². The molecule has 0 spiro atoms. The molecule has 0 amide bonds. The van der Waals surface area contributed by atoms with Gasteiger partial charge in [0.1, 0.15) is 12.7 Å². The van der Waals surface area contributed by atoms with E-state index in [4.69, 9.17) is 25.1 Å². The third-order valence-electron chi connectivity index (χ3n) is 1.49.